The summed E-state index contributed by atoms with van der Waals surface area (Å²) in [4.78, 5) is 28.1. The molecule has 0 aromatic heterocycles. The number of amides is 1. The molecule has 0 unspecified atom stereocenters. The molecule has 1 fully saturated rings. The van der Waals surface area contributed by atoms with Gasteiger partial charge in [-0.15, -0.1) is 0 Å². The number of esters is 1. The summed E-state index contributed by atoms with van der Waals surface area (Å²) in [6.07, 6.45) is 27.9. The highest BCUT2D eigenvalue weighted by Crippen LogP contribution is 2.52. The number of aliphatic hydroxyl groups is 3. The lowest BCUT2D eigenvalue weighted by Gasteiger charge is -2.44. The minimum atomic E-state index is -4.71. The Kier molecular flexibility index (Phi) is 34.6. The third-order valence-electron chi connectivity index (χ3n) is 13.8. The maximum Gasteiger partial charge on any atom is 0.588 e. The molecule has 4 N–H and O–H groups in total. The van der Waals surface area contributed by atoms with Crippen molar-refractivity contribution in [2.45, 2.75) is 269 Å². The molecule has 1 saturated heterocycles. The van der Waals surface area contributed by atoms with Crippen LogP contribution in [0.1, 0.15) is 233 Å². The minimum Gasteiger partial charge on any atom is -0.457 e. The van der Waals surface area contributed by atoms with Crippen molar-refractivity contribution in [3.8, 4) is 11.5 Å². The van der Waals surface area contributed by atoms with Gasteiger partial charge in [0.2, 0.25) is 5.91 Å². The van der Waals surface area contributed by atoms with Crippen LogP contribution in [-0.2, 0) is 28.2 Å². The number of nitrogens with one attached hydrogen (secondary N) is 1. The predicted molar refractivity (Wildman–Crippen MR) is 285 cm³/mol. The molecule has 1 heterocycles. The molecule has 0 aliphatic carbocycles. The number of ether oxygens (including phenoxy) is 2. The van der Waals surface area contributed by atoms with E-state index in [1.54, 1.807) is 60.7 Å². The van der Waals surface area contributed by atoms with Crippen molar-refractivity contribution in [3.05, 3.63) is 60.7 Å². The number of phosphoric ester groups is 1. The number of para-hydroxylation sites is 2. The van der Waals surface area contributed by atoms with E-state index in [9.17, 15) is 29.5 Å². The largest absolute Gasteiger partial charge is 0.588 e. The Balaban J connectivity index is 1.82. The van der Waals surface area contributed by atoms with Crippen LogP contribution in [0, 0.1) is 5.92 Å². The smallest absolute Gasteiger partial charge is 0.457 e. The lowest BCUT2D eigenvalue weighted by Crippen LogP contribution is -2.66. The summed E-state index contributed by atoms with van der Waals surface area (Å²) in [6.45, 7) is 5.95. The number of rotatable bonds is 44. The topological polar surface area (TPSA) is 170 Å². The first-order chi connectivity index (χ1) is 34.6. The first kappa shape index (κ1) is 62.3. The zero-order valence-electron chi connectivity index (χ0n) is 44.4. The molecule has 0 bridgehead atoms. The van der Waals surface area contributed by atoms with E-state index in [0.717, 1.165) is 77.0 Å². The van der Waals surface area contributed by atoms with Crippen molar-refractivity contribution >= 4 is 19.7 Å². The van der Waals surface area contributed by atoms with E-state index < -0.39 is 63.1 Å². The first-order valence-corrected chi connectivity index (χ1v) is 30.0. The number of carbonyl (C=O) groups excluding carboxylic acids is 2. The SMILES string of the molecule is CCCCCCCCCCCC[C@H](CCCCCCCCCCC)CC(=O)O[C@@H]1[C@H](NC(=O)C[C@H](O)CCCCCCCCCCC)[C@@H](O)O[C@H](CO)[C@H]1OP(=O)(Oc1ccccc1)Oc1ccccc1. The van der Waals surface area contributed by atoms with Gasteiger partial charge in [0.15, 0.2) is 12.4 Å². The van der Waals surface area contributed by atoms with Crippen molar-refractivity contribution in [1.82, 2.24) is 5.32 Å². The van der Waals surface area contributed by atoms with Gasteiger partial charge in [-0.3, -0.25) is 14.1 Å². The molecule has 71 heavy (non-hydrogen) atoms. The van der Waals surface area contributed by atoms with Crippen molar-refractivity contribution in [3.63, 3.8) is 0 Å². The van der Waals surface area contributed by atoms with Gasteiger partial charge in [-0.1, -0.05) is 237 Å². The number of hydrogen-bond donors (Lipinski definition) is 4. The summed E-state index contributed by atoms with van der Waals surface area (Å²) in [7, 11) is -4.71. The summed E-state index contributed by atoms with van der Waals surface area (Å²) in [5.74, 6) is -0.812. The second-order valence-corrected chi connectivity index (χ2v) is 21.7. The molecular weight excluding hydrogens is 918 g/mol. The van der Waals surface area contributed by atoms with Gasteiger partial charge in [-0.05, 0) is 49.4 Å². The van der Waals surface area contributed by atoms with Crippen LogP contribution in [0.15, 0.2) is 60.7 Å². The van der Waals surface area contributed by atoms with E-state index in [2.05, 4.69) is 26.1 Å². The van der Waals surface area contributed by atoms with Crippen molar-refractivity contribution in [2.24, 2.45) is 5.92 Å². The van der Waals surface area contributed by atoms with Crippen molar-refractivity contribution in [1.29, 1.82) is 0 Å². The molecule has 0 saturated carbocycles. The highest BCUT2D eigenvalue weighted by atomic mass is 31.2. The van der Waals surface area contributed by atoms with Crippen LogP contribution in [0.25, 0.3) is 0 Å². The van der Waals surface area contributed by atoms with Gasteiger partial charge in [-0.25, -0.2) is 4.57 Å². The maximum absolute atomic E-state index is 14.9. The monoisotopic (exact) mass is 1020 g/mol. The molecule has 3 rings (SSSR count). The highest BCUT2D eigenvalue weighted by molar-refractivity contribution is 7.49. The second-order valence-electron chi connectivity index (χ2n) is 20.3. The molecule has 1 aliphatic heterocycles. The molecule has 2 aromatic carbocycles. The van der Waals surface area contributed by atoms with E-state index in [-0.39, 0.29) is 30.3 Å². The van der Waals surface area contributed by atoms with E-state index in [0.29, 0.717) is 6.42 Å². The predicted octanol–water partition coefficient (Wildman–Crippen LogP) is 14.7. The van der Waals surface area contributed by atoms with E-state index in [1.165, 1.54) is 116 Å². The zero-order chi connectivity index (χ0) is 51.2. The van der Waals surface area contributed by atoms with E-state index >= 15 is 0 Å². The summed E-state index contributed by atoms with van der Waals surface area (Å²) in [5, 5.41) is 35.9. The standard InChI is InChI=1S/C58H98NO11P/c1-4-7-10-13-16-19-22-24-27-32-39-48(38-31-26-23-20-17-14-11-8-5-2)45-54(63)67-57-55(59-53(62)46-49(61)40-33-28-25-21-18-15-12-9-6-3)58(64)66-52(47-60)56(57)70-71(65,68-50-41-34-29-35-42-50)69-51-43-36-30-37-44-51/h29-30,34-37,41-44,48-49,52,55-58,60-61,64H,4-28,31-33,38-40,45-47H2,1-3H3,(H,59,62)/t48-,49+,52+,55-,56+,57+,58-/m0/s1. The number of aliphatic hydroxyl groups excluding tert-OH is 3. The van der Waals surface area contributed by atoms with Gasteiger partial charge in [0, 0.05) is 6.42 Å². The molecule has 13 heteroatoms. The Labute approximate surface area is 430 Å². The summed E-state index contributed by atoms with van der Waals surface area (Å²) >= 11 is 0. The summed E-state index contributed by atoms with van der Waals surface area (Å²) in [5.41, 5.74) is 0. The third kappa shape index (κ3) is 28.3. The van der Waals surface area contributed by atoms with Gasteiger partial charge in [0.25, 0.3) is 0 Å². The van der Waals surface area contributed by atoms with E-state index in [1.807, 2.05) is 0 Å². The minimum absolute atomic E-state index is 0.0389. The lowest BCUT2D eigenvalue weighted by atomic mass is 9.91. The van der Waals surface area contributed by atoms with Crippen LogP contribution in [0.3, 0.4) is 0 Å². The molecule has 2 aromatic rings. The average molecular weight is 1020 g/mol. The second kappa shape index (κ2) is 39.5. The number of unbranched alkanes of at least 4 members (excludes halogenated alkanes) is 25. The number of carbonyl (C=O) groups is 2. The quantitative estimate of drug-likeness (QED) is 0.0283. The van der Waals surface area contributed by atoms with Gasteiger partial charge in [0.1, 0.15) is 29.7 Å². The van der Waals surface area contributed by atoms with E-state index in [4.69, 9.17) is 23.0 Å². The summed E-state index contributed by atoms with van der Waals surface area (Å²) in [6, 6.07) is 15.2. The Bertz CT molecular complexity index is 1610. The third-order valence-corrected chi connectivity index (χ3v) is 15.2. The van der Waals surface area contributed by atoms with Crippen LogP contribution in [-0.4, -0.2) is 70.6 Å². The van der Waals surface area contributed by atoms with Gasteiger partial charge in [-0.2, -0.15) is 0 Å². The van der Waals surface area contributed by atoms with Crippen LogP contribution >= 0.6 is 7.82 Å². The van der Waals surface area contributed by atoms with Crippen LogP contribution in [0.2, 0.25) is 0 Å². The van der Waals surface area contributed by atoms with Crippen molar-refractivity contribution < 1.29 is 52.5 Å². The molecule has 406 valence electrons. The number of benzene rings is 2. The summed E-state index contributed by atoms with van der Waals surface area (Å²) < 4.78 is 45.2. The average Bonchev–Trinajstić information content (AvgIpc) is 3.35. The Morgan fingerprint density at radius 2 is 0.972 bits per heavy atom. The molecule has 0 radical (unpaired) electrons. The highest BCUT2D eigenvalue weighted by Gasteiger charge is 2.53. The van der Waals surface area contributed by atoms with Gasteiger partial charge < -0.3 is 39.2 Å². The Morgan fingerprint density at radius 1 is 0.577 bits per heavy atom. The molecule has 12 nitrogen and oxygen atoms in total. The van der Waals surface area contributed by atoms with Crippen LogP contribution < -0.4 is 14.4 Å². The molecular formula is C58H98NO11P. The lowest BCUT2D eigenvalue weighted by molar-refractivity contribution is -0.255. The maximum atomic E-state index is 14.9. The molecule has 1 aliphatic rings. The zero-order valence-corrected chi connectivity index (χ0v) is 45.3. The fourth-order valence-electron chi connectivity index (χ4n) is 9.62. The number of phosphoric acid groups is 1. The molecule has 1 amide bonds. The first-order valence-electron chi connectivity index (χ1n) is 28.5. The molecule has 7 atom stereocenters. The van der Waals surface area contributed by atoms with Crippen LogP contribution in [0.4, 0.5) is 0 Å². The van der Waals surface area contributed by atoms with Gasteiger partial charge in [0.05, 0.1) is 19.1 Å². The Morgan fingerprint density at radius 3 is 1.38 bits per heavy atom. The fraction of sp³-hybridized carbons (Fsp3) is 0.759. The van der Waals surface area contributed by atoms with Crippen LogP contribution in [0.5, 0.6) is 11.5 Å². The van der Waals surface area contributed by atoms with Gasteiger partial charge >= 0.3 is 13.8 Å². The fourth-order valence-corrected chi connectivity index (χ4v) is 11.1. The Hall–Kier alpha value is -2.99. The normalized spacial score (nSPS) is 19.0. The molecule has 0 spiro atoms. The number of hydrogen-bond acceptors (Lipinski definition) is 11. The van der Waals surface area contributed by atoms with Crippen molar-refractivity contribution in [2.75, 3.05) is 6.61 Å².